The number of ether oxygens (including phenoxy) is 1. The minimum absolute atomic E-state index is 0.222. The Kier molecular flexibility index (Phi) is 5.18. The topological polar surface area (TPSA) is 21.3 Å². The van der Waals surface area contributed by atoms with Gasteiger partial charge in [-0.05, 0) is 60.2 Å². The third-order valence-corrected chi connectivity index (χ3v) is 6.37. The summed E-state index contributed by atoms with van der Waals surface area (Å²) in [6.07, 6.45) is 10.2. The van der Waals surface area contributed by atoms with E-state index >= 15 is 0 Å². The van der Waals surface area contributed by atoms with Gasteiger partial charge in [-0.1, -0.05) is 19.3 Å². The maximum Gasteiger partial charge on any atom is 0.0701 e. The summed E-state index contributed by atoms with van der Waals surface area (Å²) >= 11 is 5.38. The molecule has 1 aromatic heterocycles. The van der Waals surface area contributed by atoms with Crippen LogP contribution in [0.4, 0.5) is 0 Å². The van der Waals surface area contributed by atoms with Crippen molar-refractivity contribution in [2.45, 2.75) is 63.0 Å². The number of rotatable bonds is 4. The maximum absolute atomic E-state index is 6.16. The van der Waals surface area contributed by atoms with Gasteiger partial charge in [0.15, 0.2) is 0 Å². The Hall–Kier alpha value is 0.1000. The van der Waals surface area contributed by atoms with Crippen LogP contribution in [0.5, 0.6) is 0 Å². The van der Waals surface area contributed by atoms with Crippen molar-refractivity contribution in [3.05, 3.63) is 20.8 Å². The summed E-state index contributed by atoms with van der Waals surface area (Å²) in [5.41, 5.74) is 0.222. The van der Waals surface area contributed by atoms with E-state index in [0.29, 0.717) is 6.04 Å². The van der Waals surface area contributed by atoms with E-state index in [-0.39, 0.29) is 5.60 Å². The molecule has 2 fully saturated rings. The molecule has 1 saturated heterocycles. The molecule has 3 rings (SSSR count). The molecule has 20 heavy (non-hydrogen) atoms. The summed E-state index contributed by atoms with van der Waals surface area (Å²) in [5.74, 6) is 0. The predicted molar refractivity (Wildman–Crippen MR) is 88.5 cm³/mol. The van der Waals surface area contributed by atoms with Gasteiger partial charge in [0.25, 0.3) is 0 Å². The summed E-state index contributed by atoms with van der Waals surface area (Å²) < 4.78 is 7.40. The first-order chi connectivity index (χ1) is 9.76. The van der Waals surface area contributed by atoms with Gasteiger partial charge in [0, 0.05) is 24.1 Å². The molecule has 2 heterocycles. The molecule has 4 heteroatoms. The van der Waals surface area contributed by atoms with E-state index in [1.165, 1.54) is 53.6 Å². The number of thiophene rings is 1. The molecule has 0 amide bonds. The Morgan fingerprint density at radius 3 is 2.90 bits per heavy atom. The molecule has 1 atom stereocenters. The third-order valence-electron chi connectivity index (χ3n) is 4.69. The zero-order valence-electron chi connectivity index (χ0n) is 12.0. The fourth-order valence-electron chi connectivity index (χ4n) is 3.63. The quantitative estimate of drug-likeness (QED) is 0.854. The van der Waals surface area contributed by atoms with Crippen LogP contribution in [0.15, 0.2) is 15.9 Å². The molecule has 1 saturated carbocycles. The second-order valence-electron chi connectivity index (χ2n) is 6.19. The molecular weight excluding hydrogens is 334 g/mol. The first-order valence-corrected chi connectivity index (χ1v) is 9.48. The summed E-state index contributed by atoms with van der Waals surface area (Å²) in [6, 6.07) is 5.03. The zero-order valence-corrected chi connectivity index (χ0v) is 14.4. The molecule has 112 valence electrons. The van der Waals surface area contributed by atoms with Crippen molar-refractivity contribution in [1.29, 1.82) is 0 Å². The van der Waals surface area contributed by atoms with Crippen molar-refractivity contribution in [3.8, 4) is 0 Å². The van der Waals surface area contributed by atoms with E-state index in [1.54, 1.807) is 0 Å². The predicted octanol–water partition coefficient (Wildman–Crippen LogP) is 4.52. The third kappa shape index (κ3) is 3.85. The Morgan fingerprint density at radius 2 is 2.15 bits per heavy atom. The zero-order chi connectivity index (χ0) is 13.8. The highest BCUT2D eigenvalue weighted by molar-refractivity contribution is 9.11. The van der Waals surface area contributed by atoms with Crippen LogP contribution in [0.25, 0.3) is 0 Å². The molecule has 1 aromatic rings. The lowest BCUT2D eigenvalue weighted by Crippen LogP contribution is -2.48. The smallest absolute Gasteiger partial charge is 0.0701 e. The molecule has 0 radical (unpaired) electrons. The molecule has 0 aromatic carbocycles. The fraction of sp³-hybridized carbons (Fsp3) is 0.750. The fourth-order valence-corrected chi connectivity index (χ4v) is 5.11. The largest absolute Gasteiger partial charge is 0.375 e. The highest BCUT2D eigenvalue weighted by Gasteiger charge is 2.38. The van der Waals surface area contributed by atoms with Crippen LogP contribution in [0.1, 0.15) is 49.8 Å². The van der Waals surface area contributed by atoms with Gasteiger partial charge in [-0.2, -0.15) is 0 Å². The molecule has 1 N–H and O–H groups in total. The van der Waals surface area contributed by atoms with E-state index < -0.39 is 0 Å². The average molecular weight is 358 g/mol. The van der Waals surface area contributed by atoms with Crippen molar-refractivity contribution >= 4 is 27.3 Å². The summed E-state index contributed by atoms with van der Waals surface area (Å²) in [6.45, 7) is 2.04. The van der Waals surface area contributed by atoms with E-state index in [1.807, 2.05) is 11.3 Å². The van der Waals surface area contributed by atoms with Gasteiger partial charge in [-0.15, -0.1) is 11.3 Å². The second kappa shape index (κ2) is 6.91. The van der Waals surface area contributed by atoms with Crippen LogP contribution in [0.2, 0.25) is 0 Å². The monoisotopic (exact) mass is 357 g/mol. The minimum atomic E-state index is 0.222. The average Bonchev–Trinajstić information content (AvgIpc) is 2.86. The normalized spacial score (nSPS) is 25.9. The van der Waals surface area contributed by atoms with Crippen LogP contribution in [0, 0.1) is 0 Å². The molecule has 2 aliphatic rings. The number of halogens is 1. The van der Waals surface area contributed by atoms with Gasteiger partial charge < -0.3 is 10.1 Å². The lowest BCUT2D eigenvalue weighted by atomic mass is 9.78. The van der Waals surface area contributed by atoms with Crippen LogP contribution in [-0.2, 0) is 11.2 Å². The molecule has 1 spiro atoms. The SMILES string of the molecule is Brc1ccc(CCNC2CCOC3(CCCCC3)C2)s1. The van der Waals surface area contributed by atoms with Crippen LogP contribution >= 0.6 is 27.3 Å². The first kappa shape index (κ1) is 15.0. The van der Waals surface area contributed by atoms with Gasteiger partial charge in [0.05, 0.1) is 9.39 Å². The Balaban J connectivity index is 1.45. The minimum Gasteiger partial charge on any atom is -0.375 e. The second-order valence-corrected chi connectivity index (χ2v) is 8.74. The molecule has 0 bridgehead atoms. The van der Waals surface area contributed by atoms with Crippen molar-refractivity contribution in [2.75, 3.05) is 13.2 Å². The highest BCUT2D eigenvalue weighted by atomic mass is 79.9. The van der Waals surface area contributed by atoms with E-state index in [4.69, 9.17) is 4.74 Å². The molecule has 2 nitrogen and oxygen atoms in total. The van der Waals surface area contributed by atoms with Crippen molar-refractivity contribution in [2.24, 2.45) is 0 Å². The van der Waals surface area contributed by atoms with Gasteiger partial charge in [-0.3, -0.25) is 0 Å². The lowest BCUT2D eigenvalue weighted by Gasteiger charge is -2.43. The van der Waals surface area contributed by atoms with Crippen LogP contribution in [-0.4, -0.2) is 24.8 Å². The first-order valence-electron chi connectivity index (χ1n) is 7.87. The number of hydrogen-bond donors (Lipinski definition) is 1. The summed E-state index contributed by atoms with van der Waals surface area (Å²) in [5, 5.41) is 3.76. The van der Waals surface area contributed by atoms with Gasteiger partial charge in [0.1, 0.15) is 0 Å². The summed E-state index contributed by atoms with van der Waals surface area (Å²) in [4.78, 5) is 1.46. The molecular formula is C16H24BrNOS. The van der Waals surface area contributed by atoms with Crippen molar-refractivity contribution < 1.29 is 4.74 Å². The Morgan fingerprint density at radius 1 is 1.30 bits per heavy atom. The van der Waals surface area contributed by atoms with Crippen molar-refractivity contribution in [3.63, 3.8) is 0 Å². The summed E-state index contributed by atoms with van der Waals surface area (Å²) in [7, 11) is 0. The molecule has 1 aliphatic carbocycles. The standard InChI is InChI=1S/C16H24BrNOS/c17-15-5-4-14(20-15)6-10-18-13-7-11-19-16(12-13)8-2-1-3-9-16/h4-5,13,18H,1-3,6-12H2. The Labute approximate surface area is 134 Å². The molecule has 1 unspecified atom stereocenters. The van der Waals surface area contributed by atoms with E-state index in [9.17, 15) is 0 Å². The maximum atomic E-state index is 6.16. The number of nitrogens with one attached hydrogen (secondary N) is 1. The van der Waals surface area contributed by atoms with Crippen molar-refractivity contribution in [1.82, 2.24) is 5.32 Å². The van der Waals surface area contributed by atoms with Crippen LogP contribution < -0.4 is 5.32 Å². The number of hydrogen-bond acceptors (Lipinski definition) is 3. The Bertz CT molecular complexity index is 422. The molecule has 1 aliphatic heterocycles. The van der Waals surface area contributed by atoms with Gasteiger partial charge in [0.2, 0.25) is 0 Å². The van der Waals surface area contributed by atoms with E-state index in [2.05, 4.69) is 33.4 Å². The van der Waals surface area contributed by atoms with Gasteiger partial charge in [-0.25, -0.2) is 0 Å². The highest BCUT2D eigenvalue weighted by Crippen LogP contribution is 2.38. The van der Waals surface area contributed by atoms with Crippen LogP contribution in [0.3, 0.4) is 0 Å². The van der Waals surface area contributed by atoms with E-state index in [0.717, 1.165) is 19.6 Å². The van der Waals surface area contributed by atoms with Gasteiger partial charge >= 0.3 is 0 Å². The lowest BCUT2D eigenvalue weighted by molar-refractivity contribution is -0.109.